The molecule has 2 N–H and O–H groups in total. The maximum Gasteiger partial charge on any atom is 0.190 e. The number of aliphatic imine (C=N–C) groups is 1. The van der Waals surface area contributed by atoms with Crippen LogP contribution in [0.1, 0.15) is 15.4 Å². The van der Waals surface area contributed by atoms with Crippen molar-refractivity contribution in [3.8, 4) is 22.1 Å². The molecular formula is C22H29IN4O2S2. The molecule has 0 saturated heterocycles. The lowest BCUT2D eigenvalue weighted by Crippen LogP contribution is -2.39. The van der Waals surface area contributed by atoms with E-state index in [0.29, 0.717) is 0 Å². The van der Waals surface area contributed by atoms with Gasteiger partial charge in [0.1, 0.15) is 0 Å². The summed E-state index contributed by atoms with van der Waals surface area (Å²) in [5.41, 5.74) is 2.26. The van der Waals surface area contributed by atoms with Gasteiger partial charge in [0.15, 0.2) is 17.5 Å². The van der Waals surface area contributed by atoms with E-state index in [9.17, 15) is 0 Å². The summed E-state index contributed by atoms with van der Waals surface area (Å²) in [5, 5.41) is 9.97. The van der Waals surface area contributed by atoms with Crippen molar-refractivity contribution in [2.75, 3.05) is 34.4 Å². The molecule has 0 fully saturated rings. The van der Waals surface area contributed by atoms with Crippen LogP contribution in [0.2, 0.25) is 0 Å². The van der Waals surface area contributed by atoms with Crippen molar-refractivity contribution in [2.45, 2.75) is 19.8 Å². The minimum atomic E-state index is 0. The standard InChI is InChI=1S/C22H28N4O2S2.HI/c1-15-26-18(14-29-15)21-8-6-17(30-21)10-12-25-22(23-2)24-11-9-16-5-7-19(27-3)20(13-16)28-4;/h5-8,13-14H,9-12H2,1-4H3,(H2,23,24,25);1H. The molecule has 0 bridgehead atoms. The van der Waals surface area contributed by atoms with Gasteiger partial charge in [-0.1, -0.05) is 6.07 Å². The van der Waals surface area contributed by atoms with Gasteiger partial charge < -0.3 is 20.1 Å². The molecular weight excluding hydrogens is 543 g/mol. The number of rotatable bonds is 9. The van der Waals surface area contributed by atoms with Gasteiger partial charge >= 0.3 is 0 Å². The highest BCUT2D eigenvalue weighted by Gasteiger charge is 2.07. The minimum absolute atomic E-state index is 0. The van der Waals surface area contributed by atoms with Gasteiger partial charge in [-0.05, 0) is 49.6 Å². The van der Waals surface area contributed by atoms with Gasteiger partial charge in [-0.2, -0.15) is 0 Å². The van der Waals surface area contributed by atoms with E-state index < -0.39 is 0 Å². The molecule has 168 valence electrons. The fourth-order valence-electron chi connectivity index (χ4n) is 3.01. The zero-order valence-electron chi connectivity index (χ0n) is 18.2. The lowest BCUT2D eigenvalue weighted by atomic mass is 10.1. The number of methoxy groups -OCH3 is 2. The molecule has 0 saturated carbocycles. The molecule has 3 rings (SSSR count). The van der Waals surface area contributed by atoms with Crippen molar-refractivity contribution in [1.82, 2.24) is 15.6 Å². The molecule has 31 heavy (non-hydrogen) atoms. The molecule has 0 unspecified atom stereocenters. The van der Waals surface area contributed by atoms with Gasteiger partial charge in [0.2, 0.25) is 0 Å². The summed E-state index contributed by atoms with van der Waals surface area (Å²) in [5.74, 6) is 2.30. The number of aryl methyl sites for hydroxylation is 1. The van der Waals surface area contributed by atoms with Crippen LogP contribution in [0, 0.1) is 6.92 Å². The number of thiophene rings is 1. The van der Waals surface area contributed by atoms with Crippen LogP contribution in [-0.4, -0.2) is 45.3 Å². The Hall–Kier alpha value is -1.85. The van der Waals surface area contributed by atoms with Crippen molar-refractivity contribution in [3.63, 3.8) is 0 Å². The van der Waals surface area contributed by atoms with Crippen molar-refractivity contribution in [1.29, 1.82) is 0 Å². The van der Waals surface area contributed by atoms with Gasteiger partial charge in [0.05, 0.1) is 29.8 Å². The van der Waals surface area contributed by atoms with Crippen LogP contribution < -0.4 is 20.1 Å². The maximum absolute atomic E-state index is 5.37. The van der Waals surface area contributed by atoms with Crippen LogP contribution in [0.15, 0.2) is 40.7 Å². The van der Waals surface area contributed by atoms with Crippen LogP contribution in [-0.2, 0) is 12.8 Å². The SMILES string of the molecule is CN=C(NCCc1ccc(OC)c(OC)c1)NCCc1ccc(-c2csc(C)n2)s1.I. The summed E-state index contributed by atoms with van der Waals surface area (Å²) < 4.78 is 10.7. The molecule has 0 aliphatic carbocycles. The van der Waals surface area contributed by atoms with Crippen LogP contribution in [0.3, 0.4) is 0 Å². The molecule has 0 aliphatic rings. The molecule has 3 aromatic rings. The maximum atomic E-state index is 5.37. The number of benzene rings is 1. The van der Waals surface area contributed by atoms with Crippen molar-refractivity contribution in [2.24, 2.45) is 4.99 Å². The molecule has 0 spiro atoms. The number of thiazole rings is 1. The Morgan fingerprint density at radius 3 is 2.42 bits per heavy atom. The van der Waals surface area contributed by atoms with Crippen LogP contribution in [0.4, 0.5) is 0 Å². The second-order valence-electron chi connectivity index (χ2n) is 6.63. The average molecular weight is 573 g/mol. The fraction of sp³-hybridized carbons (Fsp3) is 0.364. The summed E-state index contributed by atoms with van der Waals surface area (Å²) in [7, 11) is 5.09. The second kappa shape index (κ2) is 12.9. The largest absolute Gasteiger partial charge is 0.493 e. The number of hydrogen-bond acceptors (Lipinski definition) is 6. The van der Waals surface area contributed by atoms with Gasteiger partial charge in [0.25, 0.3) is 0 Å². The van der Waals surface area contributed by atoms with Crippen LogP contribution in [0.5, 0.6) is 11.5 Å². The lowest BCUT2D eigenvalue weighted by molar-refractivity contribution is 0.354. The van der Waals surface area contributed by atoms with Gasteiger partial charge in [-0.3, -0.25) is 4.99 Å². The average Bonchev–Trinajstić information content (AvgIpc) is 3.41. The van der Waals surface area contributed by atoms with Crippen molar-refractivity contribution in [3.05, 3.63) is 51.2 Å². The Morgan fingerprint density at radius 1 is 1.03 bits per heavy atom. The number of halogens is 1. The second-order valence-corrected chi connectivity index (χ2v) is 8.86. The monoisotopic (exact) mass is 572 g/mol. The summed E-state index contributed by atoms with van der Waals surface area (Å²) in [6, 6.07) is 10.3. The summed E-state index contributed by atoms with van der Waals surface area (Å²) >= 11 is 3.49. The van der Waals surface area contributed by atoms with Gasteiger partial charge in [0, 0.05) is 30.4 Å². The highest BCUT2D eigenvalue weighted by atomic mass is 127. The molecule has 2 heterocycles. The normalized spacial score (nSPS) is 11.0. The Bertz CT molecular complexity index is 988. The molecule has 0 radical (unpaired) electrons. The highest BCUT2D eigenvalue weighted by molar-refractivity contribution is 14.0. The van der Waals surface area contributed by atoms with E-state index in [2.05, 4.69) is 44.2 Å². The number of hydrogen-bond donors (Lipinski definition) is 2. The Labute approximate surface area is 209 Å². The number of guanidine groups is 1. The van der Waals surface area contributed by atoms with E-state index in [1.807, 2.05) is 19.1 Å². The van der Waals surface area contributed by atoms with Crippen LogP contribution >= 0.6 is 46.7 Å². The summed E-state index contributed by atoms with van der Waals surface area (Å²) in [6.45, 7) is 3.64. The number of nitrogens with zero attached hydrogens (tertiary/aromatic N) is 2. The summed E-state index contributed by atoms with van der Waals surface area (Å²) in [4.78, 5) is 11.4. The third-order valence-electron chi connectivity index (χ3n) is 4.57. The number of ether oxygens (including phenoxy) is 2. The fourth-order valence-corrected chi connectivity index (χ4v) is 4.67. The first-order chi connectivity index (χ1) is 14.6. The highest BCUT2D eigenvalue weighted by Crippen LogP contribution is 2.29. The molecule has 0 aliphatic heterocycles. The van der Waals surface area contributed by atoms with Gasteiger partial charge in [-0.15, -0.1) is 46.7 Å². The van der Waals surface area contributed by atoms with E-state index in [0.717, 1.165) is 54.1 Å². The molecule has 9 heteroatoms. The minimum Gasteiger partial charge on any atom is -0.493 e. The Balaban J connectivity index is 0.00000341. The van der Waals surface area contributed by atoms with E-state index in [1.54, 1.807) is 43.9 Å². The Morgan fingerprint density at radius 2 is 1.77 bits per heavy atom. The predicted octanol–water partition coefficient (Wildman–Crippen LogP) is 4.77. The first kappa shape index (κ1) is 25.4. The Kier molecular flexibility index (Phi) is 10.6. The first-order valence-electron chi connectivity index (χ1n) is 9.79. The summed E-state index contributed by atoms with van der Waals surface area (Å²) in [6.07, 6.45) is 1.81. The zero-order valence-corrected chi connectivity index (χ0v) is 22.2. The molecule has 1 aromatic carbocycles. The van der Waals surface area contributed by atoms with E-state index in [1.165, 1.54) is 15.3 Å². The third-order valence-corrected chi connectivity index (χ3v) is 6.52. The number of nitrogens with one attached hydrogen (secondary N) is 2. The zero-order chi connectivity index (χ0) is 21.3. The molecule has 2 aromatic heterocycles. The van der Waals surface area contributed by atoms with E-state index in [-0.39, 0.29) is 24.0 Å². The predicted molar refractivity (Wildman–Crippen MR) is 142 cm³/mol. The smallest absolute Gasteiger partial charge is 0.190 e. The van der Waals surface area contributed by atoms with E-state index >= 15 is 0 Å². The van der Waals surface area contributed by atoms with E-state index in [4.69, 9.17) is 9.47 Å². The van der Waals surface area contributed by atoms with Crippen molar-refractivity contribution < 1.29 is 9.47 Å². The number of aromatic nitrogens is 1. The van der Waals surface area contributed by atoms with Crippen molar-refractivity contribution >= 4 is 52.6 Å². The quantitative estimate of drug-likeness (QED) is 0.220. The molecule has 0 atom stereocenters. The molecule has 0 amide bonds. The third kappa shape index (κ3) is 7.36. The lowest BCUT2D eigenvalue weighted by Gasteiger charge is -2.13. The topological polar surface area (TPSA) is 67.8 Å². The van der Waals surface area contributed by atoms with Crippen LogP contribution in [0.25, 0.3) is 10.6 Å². The van der Waals surface area contributed by atoms with Gasteiger partial charge in [-0.25, -0.2) is 4.98 Å². The first-order valence-corrected chi connectivity index (χ1v) is 11.5. The molecule has 6 nitrogen and oxygen atoms in total.